The van der Waals surface area contributed by atoms with Gasteiger partial charge in [-0.05, 0) is 48.9 Å². The fourth-order valence-electron chi connectivity index (χ4n) is 4.99. The van der Waals surface area contributed by atoms with E-state index in [1.165, 1.54) is 6.07 Å². The highest BCUT2D eigenvalue weighted by Gasteiger charge is 2.33. The maximum atomic E-state index is 13.0. The van der Waals surface area contributed by atoms with Crippen LogP contribution in [0.5, 0.6) is 5.75 Å². The van der Waals surface area contributed by atoms with E-state index in [2.05, 4.69) is 19.7 Å². The van der Waals surface area contributed by atoms with Gasteiger partial charge in [-0.25, -0.2) is 18.4 Å². The van der Waals surface area contributed by atoms with Crippen molar-refractivity contribution >= 4 is 32.6 Å². The van der Waals surface area contributed by atoms with Crippen molar-refractivity contribution in [1.82, 2.24) is 19.9 Å². The lowest BCUT2D eigenvalue weighted by Crippen LogP contribution is -2.38. The van der Waals surface area contributed by atoms with E-state index in [1.54, 1.807) is 11.1 Å². The highest BCUT2D eigenvalue weighted by molar-refractivity contribution is 7.91. The number of nitrogens with zero attached hydrogens (tertiary/aromatic N) is 3. The van der Waals surface area contributed by atoms with Crippen molar-refractivity contribution < 1.29 is 31.1 Å². The van der Waals surface area contributed by atoms with Crippen LogP contribution in [0.4, 0.5) is 18.9 Å². The molecule has 13 heteroatoms. The molecule has 0 unspecified atom stereocenters. The molecule has 1 atom stereocenters. The van der Waals surface area contributed by atoms with E-state index >= 15 is 0 Å². The van der Waals surface area contributed by atoms with Crippen LogP contribution in [0.2, 0.25) is 0 Å². The Morgan fingerprint density at radius 3 is 2.53 bits per heavy atom. The third-order valence-electron chi connectivity index (χ3n) is 6.77. The van der Waals surface area contributed by atoms with Crippen molar-refractivity contribution in [2.45, 2.75) is 37.5 Å². The Labute approximate surface area is 204 Å². The standard InChI is InChI=1S/C23H24F3N5O4S/c24-23(25,26)35-15-1-2-17(18(27)11-15)22(32)31-8-4-13(5-9-31)16-3-7-28-21-19(16)29-20(30-21)14-6-10-36(33,34)12-14/h1-3,7,11,13-14H,4-6,8-10,12,27H2,(H,28,29,30)/t14-/m0/s1. The number of nitrogens with two attached hydrogens (primary N) is 1. The molecule has 1 amide bonds. The smallest absolute Gasteiger partial charge is 0.406 e. The van der Waals surface area contributed by atoms with Gasteiger partial charge in [0.25, 0.3) is 5.91 Å². The van der Waals surface area contributed by atoms with Gasteiger partial charge in [0.05, 0.1) is 22.6 Å². The fourth-order valence-corrected chi connectivity index (χ4v) is 6.74. The number of piperidine rings is 1. The summed E-state index contributed by atoms with van der Waals surface area (Å²) in [5.74, 6) is -0.0112. The number of imidazole rings is 1. The van der Waals surface area contributed by atoms with Gasteiger partial charge in [0, 0.05) is 37.0 Å². The molecule has 2 aliphatic heterocycles. The molecule has 3 N–H and O–H groups in total. The molecule has 9 nitrogen and oxygen atoms in total. The number of aromatic amines is 1. The van der Waals surface area contributed by atoms with Gasteiger partial charge in [0.1, 0.15) is 11.6 Å². The number of anilines is 1. The van der Waals surface area contributed by atoms with Crippen molar-refractivity contribution in [1.29, 1.82) is 0 Å². The summed E-state index contributed by atoms with van der Waals surface area (Å²) in [6.07, 6.45) is -1.32. The van der Waals surface area contributed by atoms with Gasteiger partial charge in [0.15, 0.2) is 15.5 Å². The minimum absolute atomic E-state index is 0.0785. The second kappa shape index (κ2) is 8.95. The Kier molecular flexibility index (Phi) is 6.05. The van der Waals surface area contributed by atoms with Crippen LogP contribution in [0, 0.1) is 0 Å². The van der Waals surface area contributed by atoms with Crippen molar-refractivity contribution in [2.24, 2.45) is 0 Å². The highest BCUT2D eigenvalue weighted by Crippen LogP contribution is 2.35. The van der Waals surface area contributed by atoms with Gasteiger partial charge in [-0.2, -0.15) is 0 Å². The molecule has 36 heavy (non-hydrogen) atoms. The zero-order valence-electron chi connectivity index (χ0n) is 19.1. The van der Waals surface area contributed by atoms with Crippen LogP contribution >= 0.6 is 0 Å². The summed E-state index contributed by atoms with van der Waals surface area (Å²) < 4.78 is 64.9. The van der Waals surface area contributed by atoms with Gasteiger partial charge in [-0.1, -0.05) is 0 Å². The lowest BCUT2D eigenvalue weighted by molar-refractivity contribution is -0.274. The molecule has 0 aliphatic carbocycles. The van der Waals surface area contributed by atoms with Crippen molar-refractivity contribution in [3.8, 4) is 5.75 Å². The molecule has 1 aromatic carbocycles. The number of ether oxygens (including phenoxy) is 1. The number of hydrogen-bond acceptors (Lipinski definition) is 7. The number of likely N-dealkylation sites (tertiary alicyclic amines) is 1. The van der Waals surface area contributed by atoms with E-state index < -0.39 is 21.9 Å². The van der Waals surface area contributed by atoms with E-state index in [1.807, 2.05) is 6.07 Å². The van der Waals surface area contributed by atoms with E-state index in [4.69, 9.17) is 5.73 Å². The maximum absolute atomic E-state index is 13.0. The monoisotopic (exact) mass is 523 g/mol. The Bertz CT molecular complexity index is 1410. The number of hydrogen-bond donors (Lipinski definition) is 2. The predicted octanol–water partition coefficient (Wildman–Crippen LogP) is 3.36. The number of carbonyl (C=O) groups is 1. The molecule has 2 aliphatic rings. The van der Waals surface area contributed by atoms with Crippen molar-refractivity contribution in [3.63, 3.8) is 0 Å². The molecule has 3 aromatic rings. The number of halogens is 3. The fraction of sp³-hybridized carbons (Fsp3) is 0.435. The molecule has 0 bridgehead atoms. The average molecular weight is 524 g/mol. The van der Waals surface area contributed by atoms with Gasteiger partial charge in [-0.3, -0.25) is 4.79 Å². The van der Waals surface area contributed by atoms with E-state index in [9.17, 15) is 26.4 Å². The first-order valence-electron chi connectivity index (χ1n) is 11.5. The lowest BCUT2D eigenvalue weighted by atomic mass is 9.89. The average Bonchev–Trinajstić information content (AvgIpc) is 3.40. The van der Waals surface area contributed by atoms with Crippen LogP contribution in [-0.4, -0.2) is 65.1 Å². The summed E-state index contributed by atoms with van der Waals surface area (Å²) in [5.41, 5.74) is 8.23. The lowest BCUT2D eigenvalue weighted by Gasteiger charge is -2.32. The van der Waals surface area contributed by atoms with Crippen LogP contribution in [0.25, 0.3) is 11.2 Å². The minimum atomic E-state index is -4.84. The summed E-state index contributed by atoms with van der Waals surface area (Å²) in [6, 6.07) is 5.22. The summed E-state index contributed by atoms with van der Waals surface area (Å²) in [6.45, 7) is 0.880. The number of carbonyl (C=O) groups excluding carboxylic acids is 1. The number of alkyl halides is 3. The Morgan fingerprint density at radius 2 is 1.89 bits per heavy atom. The van der Waals surface area contributed by atoms with Gasteiger partial charge in [0.2, 0.25) is 0 Å². The number of H-pyrrole nitrogens is 1. The predicted molar refractivity (Wildman–Crippen MR) is 125 cm³/mol. The van der Waals surface area contributed by atoms with E-state index in [0.29, 0.717) is 43.8 Å². The number of nitrogens with one attached hydrogen (secondary N) is 1. The van der Waals surface area contributed by atoms with Crippen LogP contribution in [-0.2, 0) is 9.84 Å². The topological polar surface area (TPSA) is 131 Å². The number of rotatable bonds is 4. The first kappa shape index (κ1) is 24.3. The summed E-state index contributed by atoms with van der Waals surface area (Å²) in [5, 5.41) is 0. The molecule has 2 saturated heterocycles. The highest BCUT2D eigenvalue weighted by atomic mass is 32.2. The largest absolute Gasteiger partial charge is 0.573 e. The van der Waals surface area contributed by atoms with Crippen LogP contribution in [0.15, 0.2) is 30.5 Å². The molecular formula is C23H24F3N5O4S. The Balaban J connectivity index is 1.28. The third kappa shape index (κ3) is 4.97. The normalized spacial score (nSPS) is 20.6. The molecule has 5 rings (SSSR count). The SMILES string of the molecule is Nc1cc(OC(F)(F)F)ccc1C(=O)N1CCC(c2ccnc3nc([C@H]4CCS(=O)(=O)C4)[nH]c23)CC1. The number of pyridine rings is 1. The molecule has 192 valence electrons. The number of amides is 1. The summed E-state index contributed by atoms with van der Waals surface area (Å²) in [7, 11) is -3.05. The Morgan fingerprint density at radius 1 is 1.14 bits per heavy atom. The number of sulfone groups is 1. The van der Waals surface area contributed by atoms with Crippen LogP contribution in [0.3, 0.4) is 0 Å². The van der Waals surface area contributed by atoms with E-state index in [-0.39, 0.29) is 40.5 Å². The summed E-state index contributed by atoms with van der Waals surface area (Å²) >= 11 is 0. The molecule has 4 heterocycles. The zero-order chi connectivity index (χ0) is 25.7. The van der Waals surface area contributed by atoms with Gasteiger partial charge >= 0.3 is 6.36 Å². The second-order valence-corrected chi connectivity index (χ2v) is 11.4. The molecule has 0 spiro atoms. The number of aromatic nitrogens is 3. The van der Waals surface area contributed by atoms with Gasteiger partial charge in [-0.15, -0.1) is 13.2 Å². The Hall–Kier alpha value is -3.35. The van der Waals surface area contributed by atoms with Crippen LogP contribution < -0.4 is 10.5 Å². The van der Waals surface area contributed by atoms with Gasteiger partial charge < -0.3 is 20.4 Å². The number of fused-ring (bicyclic) bond motifs is 1. The second-order valence-electron chi connectivity index (χ2n) is 9.18. The molecule has 0 saturated carbocycles. The minimum Gasteiger partial charge on any atom is -0.406 e. The molecule has 2 aromatic heterocycles. The maximum Gasteiger partial charge on any atom is 0.573 e. The first-order valence-corrected chi connectivity index (χ1v) is 13.3. The molecule has 0 radical (unpaired) electrons. The van der Waals surface area contributed by atoms with E-state index in [0.717, 1.165) is 23.2 Å². The van der Waals surface area contributed by atoms with Crippen LogP contribution in [0.1, 0.15) is 52.8 Å². The quantitative estimate of drug-likeness (QED) is 0.502. The summed E-state index contributed by atoms with van der Waals surface area (Å²) in [4.78, 5) is 26.8. The van der Waals surface area contributed by atoms with Crippen molar-refractivity contribution in [3.05, 3.63) is 47.4 Å². The number of benzene rings is 1. The third-order valence-corrected chi connectivity index (χ3v) is 8.54. The number of nitrogen functional groups attached to an aromatic ring is 1. The first-order chi connectivity index (χ1) is 17.0. The van der Waals surface area contributed by atoms with Crippen molar-refractivity contribution in [2.75, 3.05) is 30.3 Å². The molecule has 2 fully saturated rings. The zero-order valence-corrected chi connectivity index (χ0v) is 19.9. The molecular weight excluding hydrogens is 499 g/mol.